The highest BCUT2D eigenvalue weighted by atomic mass is 28.4. The zero-order valence-electron chi connectivity index (χ0n) is 29.2. The molecule has 242 valence electrons. The SMILES string of the molecule is COC1=C(C)C(=O)C(=O)C2=C1CC(=O)[C@@H](C)C[C@H](C)C/C(C)=C/[C@@H](C)CC[C@H]1O[C@@H]2[C@H](C)[C@@H](O[Si](C)(C)C(C)(C)C)[C@H]1C. The lowest BCUT2D eigenvalue weighted by Gasteiger charge is -2.50. The summed E-state index contributed by atoms with van der Waals surface area (Å²) in [6.07, 6.45) is 4.87. The average Bonchev–Trinajstić information content (AvgIpc) is 2.89. The van der Waals surface area contributed by atoms with E-state index < -0.39 is 26.0 Å². The number of ether oxygens (including phenoxy) is 2. The summed E-state index contributed by atoms with van der Waals surface area (Å²) in [5.74, 6) is -0.351. The molecule has 0 N–H and O–H groups in total. The molecular weight excluding hydrogens is 556 g/mol. The molecule has 0 spiro atoms. The van der Waals surface area contributed by atoms with Gasteiger partial charge in [0.15, 0.2) is 8.32 Å². The van der Waals surface area contributed by atoms with Crippen LogP contribution in [-0.4, -0.2) is 51.1 Å². The normalized spacial score (nSPS) is 35.5. The van der Waals surface area contributed by atoms with Gasteiger partial charge in [0, 0.05) is 40.9 Å². The van der Waals surface area contributed by atoms with E-state index >= 15 is 0 Å². The van der Waals surface area contributed by atoms with Crippen molar-refractivity contribution < 1.29 is 28.3 Å². The van der Waals surface area contributed by atoms with Gasteiger partial charge in [-0.25, -0.2) is 0 Å². The van der Waals surface area contributed by atoms with Crippen LogP contribution in [0.5, 0.6) is 0 Å². The van der Waals surface area contributed by atoms with Crippen LogP contribution in [0.15, 0.2) is 34.1 Å². The van der Waals surface area contributed by atoms with Gasteiger partial charge < -0.3 is 13.9 Å². The van der Waals surface area contributed by atoms with E-state index in [0.717, 1.165) is 25.7 Å². The number of fused-ring (bicyclic) bond motifs is 3. The van der Waals surface area contributed by atoms with Gasteiger partial charge in [-0.05, 0) is 69.5 Å². The number of carbonyl (C=O) groups excluding carboxylic acids is 3. The molecule has 0 aromatic rings. The molecule has 1 saturated heterocycles. The number of allylic oxidation sites excluding steroid dienone is 4. The lowest BCUT2D eigenvalue weighted by molar-refractivity contribution is -0.154. The highest BCUT2D eigenvalue weighted by Gasteiger charge is 2.51. The van der Waals surface area contributed by atoms with Gasteiger partial charge in [0.05, 0.1) is 25.4 Å². The third kappa shape index (κ3) is 7.70. The molecule has 43 heavy (non-hydrogen) atoms. The molecule has 2 aliphatic heterocycles. The van der Waals surface area contributed by atoms with Crippen molar-refractivity contribution >= 4 is 25.7 Å². The van der Waals surface area contributed by atoms with Crippen LogP contribution in [0.25, 0.3) is 0 Å². The summed E-state index contributed by atoms with van der Waals surface area (Å²) in [5.41, 5.74) is 2.43. The van der Waals surface area contributed by atoms with Crippen molar-refractivity contribution in [1.82, 2.24) is 0 Å². The molecule has 6 nitrogen and oxygen atoms in total. The van der Waals surface area contributed by atoms with E-state index in [1.54, 1.807) is 6.92 Å². The summed E-state index contributed by atoms with van der Waals surface area (Å²) in [6, 6.07) is 0. The van der Waals surface area contributed by atoms with Gasteiger partial charge in [-0.2, -0.15) is 0 Å². The van der Waals surface area contributed by atoms with Crippen molar-refractivity contribution in [3.05, 3.63) is 34.1 Å². The van der Waals surface area contributed by atoms with E-state index in [0.29, 0.717) is 28.7 Å². The fourth-order valence-corrected chi connectivity index (χ4v) is 8.57. The molecule has 0 unspecified atom stereocenters. The molecule has 1 aliphatic carbocycles. The Hall–Kier alpha value is -1.83. The van der Waals surface area contributed by atoms with Gasteiger partial charge >= 0.3 is 0 Å². The molecule has 0 aromatic carbocycles. The Morgan fingerprint density at radius 3 is 2.14 bits per heavy atom. The molecule has 0 aromatic heterocycles. The van der Waals surface area contributed by atoms with Crippen LogP contribution in [0.2, 0.25) is 18.1 Å². The summed E-state index contributed by atoms with van der Waals surface area (Å²) in [4.78, 5) is 41.1. The number of Topliss-reactive ketones (excluding diaryl/α,β-unsaturated/α-hetero) is 3. The minimum atomic E-state index is -2.20. The first kappa shape index (κ1) is 35.6. The Balaban J connectivity index is 2.23. The molecular formula is C36H58O6Si. The van der Waals surface area contributed by atoms with Gasteiger partial charge in [0.1, 0.15) is 11.5 Å². The summed E-state index contributed by atoms with van der Waals surface area (Å²) in [6.45, 7) is 25.8. The lowest BCUT2D eigenvalue weighted by Crippen LogP contribution is -2.57. The maximum absolute atomic E-state index is 14.0. The topological polar surface area (TPSA) is 78.9 Å². The number of rotatable bonds is 3. The highest BCUT2D eigenvalue weighted by Crippen LogP contribution is 2.46. The van der Waals surface area contributed by atoms with E-state index in [-0.39, 0.29) is 52.8 Å². The van der Waals surface area contributed by atoms with Crippen molar-refractivity contribution in [2.75, 3.05) is 7.11 Å². The summed E-state index contributed by atoms with van der Waals surface area (Å²) < 4.78 is 19.8. The van der Waals surface area contributed by atoms with E-state index in [2.05, 4.69) is 74.6 Å². The van der Waals surface area contributed by atoms with Gasteiger partial charge in [0.25, 0.3) is 0 Å². The monoisotopic (exact) mass is 614 g/mol. The van der Waals surface area contributed by atoms with Gasteiger partial charge in [0.2, 0.25) is 11.6 Å². The first-order chi connectivity index (χ1) is 19.8. The molecule has 0 radical (unpaired) electrons. The van der Waals surface area contributed by atoms with Gasteiger partial charge in [-0.15, -0.1) is 0 Å². The summed E-state index contributed by atoms with van der Waals surface area (Å²) in [7, 11) is -0.685. The number of hydrogen-bond acceptors (Lipinski definition) is 6. The average molecular weight is 615 g/mol. The second kappa shape index (κ2) is 13.7. The summed E-state index contributed by atoms with van der Waals surface area (Å²) in [5, 5.41) is 0.00412. The number of ketones is 3. The van der Waals surface area contributed by atoms with Crippen LogP contribution < -0.4 is 0 Å². The quantitative estimate of drug-likeness (QED) is 0.138. The number of carbonyl (C=O) groups is 3. The predicted octanol–water partition coefficient (Wildman–Crippen LogP) is 8.17. The van der Waals surface area contributed by atoms with Crippen molar-refractivity contribution in [1.29, 1.82) is 0 Å². The highest BCUT2D eigenvalue weighted by molar-refractivity contribution is 6.74. The molecule has 2 heterocycles. The molecule has 0 amide bonds. The van der Waals surface area contributed by atoms with Crippen LogP contribution in [0.1, 0.15) is 101 Å². The van der Waals surface area contributed by atoms with Crippen molar-refractivity contribution in [3.63, 3.8) is 0 Å². The first-order valence-corrected chi connectivity index (χ1v) is 19.3. The smallest absolute Gasteiger partial charge is 0.232 e. The summed E-state index contributed by atoms with van der Waals surface area (Å²) >= 11 is 0. The van der Waals surface area contributed by atoms with Crippen LogP contribution in [-0.2, 0) is 28.3 Å². The van der Waals surface area contributed by atoms with Crippen LogP contribution in [0.4, 0.5) is 0 Å². The minimum absolute atomic E-state index is 0.00412. The Bertz CT molecular complexity index is 1180. The Kier molecular flexibility index (Phi) is 11.3. The van der Waals surface area contributed by atoms with Crippen molar-refractivity contribution in [3.8, 4) is 0 Å². The second-order valence-corrected chi connectivity index (χ2v) is 20.3. The molecule has 3 aliphatic rings. The maximum Gasteiger partial charge on any atom is 0.232 e. The standard InChI is InChI=1S/C36H58O6Si/c1-20-14-15-29-24(5)33(42-43(12,13)36(8,9)10)26(7)35(41-29)30-27(34(40-11)25(6)31(38)32(30)39)19-28(37)23(4)18-22(3)17-21(2)16-20/h16,20,22-24,26,29,33,35H,14-15,17-19H2,1-13H3/b21-16+/t20-,22+,23-,24-,26+,29+,33-,35+/m0/s1. The van der Waals surface area contributed by atoms with E-state index in [1.165, 1.54) is 12.7 Å². The second-order valence-electron chi connectivity index (χ2n) is 15.5. The minimum Gasteiger partial charge on any atom is -0.496 e. The van der Waals surface area contributed by atoms with Crippen molar-refractivity contribution in [2.45, 2.75) is 138 Å². The first-order valence-electron chi connectivity index (χ1n) is 16.4. The fourth-order valence-electron chi connectivity index (χ4n) is 7.11. The van der Waals surface area contributed by atoms with E-state index in [1.807, 2.05) is 6.92 Å². The molecule has 8 atom stereocenters. The molecule has 7 heteroatoms. The van der Waals surface area contributed by atoms with Crippen LogP contribution in [0.3, 0.4) is 0 Å². The number of hydrogen-bond donors (Lipinski definition) is 0. The molecule has 0 saturated carbocycles. The predicted molar refractivity (Wildman–Crippen MR) is 175 cm³/mol. The Morgan fingerprint density at radius 2 is 1.56 bits per heavy atom. The van der Waals surface area contributed by atoms with Gasteiger partial charge in [-0.3, -0.25) is 14.4 Å². The Labute approximate surface area is 262 Å². The van der Waals surface area contributed by atoms with Crippen molar-refractivity contribution in [2.24, 2.45) is 29.6 Å². The Morgan fingerprint density at radius 1 is 0.930 bits per heavy atom. The molecule has 3 rings (SSSR count). The fraction of sp³-hybridized carbons (Fsp3) is 0.750. The lowest BCUT2D eigenvalue weighted by atomic mass is 9.74. The van der Waals surface area contributed by atoms with Gasteiger partial charge in [-0.1, -0.05) is 67.0 Å². The maximum atomic E-state index is 14.0. The molecule has 1 fully saturated rings. The van der Waals surface area contributed by atoms with E-state index in [9.17, 15) is 14.4 Å². The molecule has 2 bridgehead atoms. The van der Waals surface area contributed by atoms with Crippen LogP contribution >= 0.6 is 0 Å². The largest absolute Gasteiger partial charge is 0.496 e. The third-order valence-corrected chi connectivity index (χ3v) is 15.2. The zero-order chi connectivity index (χ0) is 32.6. The zero-order valence-corrected chi connectivity index (χ0v) is 30.2. The van der Waals surface area contributed by atoms with Crippen LogP contribution in [0, 0.1) is 29.6 Å². The third-order valence-electron chi connectivity index (χ3n) is 10.7. The number of methoxy groups -OCH3 is 1. The van der Waals surface area contributed by atoms with E-state index in [4.69, 9.17) is 13.9 Å².